The van der Waals surface area contributed by atoms with Crippen molar-refractivity contribution in [3.05, 3.63) is 23.0 Å². The van der Waals surface area contributed by atoms with Crippen LogP contribution in [0.4, 0.5) is 0 Å². The maximum absolute atomic E-state index is 11.6. The lowest BCUT2D eigenvalue weighted by Crippen LogP contribution is -2.39. The van der Waals surface area contributed by atoms with Gasteiger partial charge in [-0.15, -0.1) is 24.0 Å². The zero-order valence-electron chi connectivity index (χ0n) is 15.3. The first-order chi connectivity index (χ1) is 11.5. The highest BCUT2D eigenvalue weighted by Crippen LogP contribution is 2.14. The van der Waals surface area contributed by atoms with Crippen LogP contribution < -0.4 is 5.32 Å². The number of amides is 1. The number of nitrogens with zero attached hydrogens (tertiary/aromatic N) is 4. The van der Waals surface area contributed by atoms with Gasteiger partial charge in [0.05, 0.1) is 11.6 Å². The fourth-order valence-electron chi connectivity index (χ4n) is 2.90. The molecule has 0 aromatic carbocycles. The maximum Gasteiger partial charge on any atom is 0.222 e. The van der Waals surface area contributed by atoms with E-state index in [-0.39, 0.29) is 29.9 Å². The van der Waals surface area contributed by atoms with Crippen LogP contribution in [0.5, 0.6) is 0 Å². The van der Waals surface area contributed by atoms with Crippen molar-refractivity contribution in [2.75, 3.05) is 33.2 Å². The van der Waals surface area contributed by atoms with Gasteiger partial charge < -0.3 is 19.7 Å². The average molecular weight is 482 g/mol. The van der Waals surface area contributed by atoms with E-state index in [1.54, 1.807) is 0 Å². The molecule has 0 unspecified atom stereocenters. The molecule has 25 heavy (non-hydrogen) atoms. The molecule has 0 bridgehead atoms. The van der Waals surface area contributed by atoms with Crippen LogP contribution in [0, 0.1) is 0 Å². The quantitative estimate of drug-likeness (QED) is 0.282. The van der Waals surface area contributed by atoms with E-state index in [2.05, 4.69) is 22.1 Å². The number of carbonyl (C=O) groups is 1. The monoisotopic (exact) mass is 481 g/mol. The molecule has 2 heterocycles. The zero-order valence-corrected chi connectivity index (χ0v) is 18.4. The number of carbonyl (C=O) groups excluding carboxylic acids is 1. The van der Waals surface area contributed by atoms with Crippen LogP contribution >= 0.6 is 35.6 Å². The van der Waals surface area contributed by atoms with Crippen molar-refractivity contribution < 1.29 is 4.79 Å². The van der Waals surface area contributed by atoms with Crippen molar-refractivity contribution in [2.45, 2.75) is 32.7 Å². The Morgan fingerprint density at radius 2 is 2.24 bits per heavy atom. The fourth-order valence-corrected chi connectivity index (χ4v) is 3.17. The molecule has 0 saturated carbocycles. The van der Waals surface area contributed by atoms with Crippen molar-refractivity contribution in [1.29, 1.82) is 0 Å². The SMILES string of the molecule is CCNC(=NCCCN1CCCC1=O)N(C)Cc1cc(Cl)cn1C.I. The molecule has 0 atom stereocenters. The van der Waals surface area contributed by atoms with Crippen LogP contribution in [-0.2, 0) is 18.4 Å². The second-order valence-corrected chi connectivity index (χ2v) is 6.63. The average Bonchev–Trinajstić information content (AvgIpc) is 3.07. The first-order valence-corrected chi connectivity index (χ1v) is 8.97. The lowest BCUT2D eigenvalue weighted by molar-refractivity contribution is -0.127. The number of hydrogen-bond donors (Lipinski definition) is 1. The Balaban J connectivity index is 0.00000312. The Kier molecular flexibility index (Phi) is 9.63. The van der Waals surface area contributed by atoms with Crippen LogP contribution in [0.15, 0.2) is 17.3 Å². The van der Waals surface area contributed by atoms with E-state index in [1.165, 1.54) is 0 Å². The summed E-state index contributed by atoms with van der Waals surface area (Å²) in [5.41, 5.74) is 1.13. The van der Waals surface area contributed by atoms with E-state index < -0.39 is 0 Å². The minimum absolute atomic E-state index is 0. The summed E-state index contributed by atoms with van der Waals surface area (Å²) in [4.78, 5) is 20.3. The van der Waals surface area contributed by atoms with E-state index in [4.69, 9.17) is 11.6 Å². The summed E-state index contributed by atoms with van der Waals surface area (Å²) in [6, 6.07) is 1.97. The molecular weight excluding hydrogens is 453 g/mol. The minimum atomic E-state index is 0. The van der Waals surface area contributed by atoms with Crippen molar-refractivity contribution in [3.8, 4) is 0 Å². The highest BCUT2D eigenvalue weighted by Gasteiger charge is 2.19. The van der Waals surface area contributed by atoms with Gasteiger partial charge in [-0.05, 0) is 25.8 Å². The number of guanidine groups is 1. The van der Waals surface area contributed by atoms with Gasteiger partial charge in [-0.25, -0.2) is 0 Å². The number of aryl methyl sites for hydroxylation is 1. The Morgan fingerprint density at radius 3 is 2.80 bits per heavy atom. The predicted molar refractivity (Wildman–Crippen MR) is 114 cm³/mol. The summed E-state index contributed by atoms with van der Waals surface area (Å²) >= 11 is 6.05. The predicted octanol–water partition coefficient (Wildman–Crippen LogP) is 2.71. The number of rotatable bonds is 7. The summed E-state index contributed by atoms with van der Waals surface area (Å²) in [5.74, 6) is 1.16. The second kappa shape index (κ2) is 10.9. The number of hydrogen-bond acceptors (Lipinski definition) is 2. The summed E-state index contributed by atoms with van der Waals surface area (Å²) in [7, 11) is 4.01. The Hall–Kier alpha value is -0.960. The van der Waals surface area contributed by atoms with Crippen molar-refractivity contribution in [1.82, 2.24) is 19.7 Å². The largest absolute Gasteiger partial charge is 0.357 e. The molecule has 1 aromatic heterocycles. The van der Waals surface area contributed by atoms with Crippen molar-refractivity contribution in [3.63, 3.8) is 0 Å². The Morgan fingerprint density at radius 1 is 1.48 bits per heavy atom. The molecule has 0 radical (unpaired) electrons. The first kappa shape index (κ1) is 22.1. The zero-order chi connectivity index (χ0) is 17.5. The second-order valence-electron chi connectivity index (χ2n) is 6.19. The van der Waals surface area contributed by atoms with Gasteiger partial charge in [0.1, 0.15) is 0 Å². The Bertz CT molecular complexity index is 590. The van der Waals surface area contributed by atoms with Gasteiger partial charge in [-0.1, -0.05) is 11.6 Å². The highest BCUT2D eigenvalue weighted by atomic mass is 127. The maximum atomic E-state index is 11.6. The molecule has 1 fully saturated rings. The molecule has 1 aliphatic rings. The standard InChI is InChI=1S/C17H28ClN5O.HI/c1-4-19-17(20-8-6-10-23-9-5-7-16(23)24)22(3)13-15-11-14(18)12-21(15)2;/h11-12H,4-10,13H2,1-3H3,(H,19,20);1H. The smallest absolute Gasteiger partial charge is 0.222 e. The summed E-state index contributed by atoms with van der Waals surface area (Å²) in [6.07, 6.45) is 4.49. The topological polar surface area (TPSA) is 52.9 Å². The van der Waals surface area contributed by atoms with Crippen LogP contribution in [-0.4, -0.2) is 59.5 Å². The summed E-state index contributed by atoms with van der Waals surface area (Å²) in [6.45, 7) is 6.03. The molecule has 1 aliphatic heterocycles. The van der Waals surface area contributed by atoms with Gasteiger partial charge >= 0.3 is 0 Å². The molecule has 0 aliphatic carbocycles. The van der Waals surface area contributed by atoms with Crippen LogP contribution in [0.1, 0.15) is 31.9 Å². The van der Waals surface area contributed by atoms with Gasteiger partial charge in [-0.2, -0.15) is 0 Å². The van der Waals surface area contributed by atoms with E-state index in [1.807, 2.05) is 35.8 Å². The van der Waals surface area contributed by atoms with E-state index in [0.29, 0.717) is 13.0 Å². The minimum Gasteiger partial charge on any atom is -0.357 e. The van der Waals surface area contributed by atoms with Crippen LogP contribution in [0.2, 0.25) is 5.02 Å². The van der Waals surface area contributed by atoms with Gasteiger partial charge in [0.15, 0.2) is 5.96 Å². The number of likely N-dealkylation sites (tertiary alicyclic amines) is 1. The molecule has 2 rings (SSSR count). The lowest BCUT2D eigenvalue weighted by atomic mass is 10.4. The molecule has 1 aromatic rings. The van der Waals surface area contributed by atoms with Crippen molar-refractivity contribution >= 4 is 47.4 Å². The normalized spacial score (nSPS) is 14.6. The third-order valence-electron chi connectivity index (χ3n) is 4.19. The molecule has 0 spiro atoms. The third kappa shape index (κ3) is 6.69. The van der Waals surface area contributed by atoms with Gasteiger partial charge in [0.25, 0.3) is 0 Å². The summed E-state index contributed by atoms with van der Waals surface area (Å²) < 4.78 is 2.03. The van der Waals surface area contributed by atoms with Gasteiger partial charge in [0.2, 0.25) is 5.91 Å². The molecule has 1 N–H and O–H groups in total. The van der Waals surface area contributed by atoms with E-state index in [0.717, 1.165) is 55.7 Å². The first-order valence-electron chi connectivity index (χ1n) is 8.59. The number of aliphatic imine (C=N–C) groups is 1. The van der Waals surface area contributed by atoms with Crippen LogP contribution in [0.3, 0.4) is 0 Å². The number of halogens is 2. The summed E-state index contributed by atoms with van der Waals surface area (Å²) in [5, 5.41) is 4.07. The number of aromatic nitrogens is 1. The van der Waals surface area contributed by atoms with Gasteiger partial charge in [-0.3, -0.25) is 9.79 Å². The molecule has 8 heteroatoms. The van der Waals surface area contributed by atoms with Crippen LogP contribution in [0.25, 0.3) is 0 Å². The Labute approximate surface area is 172 Å². The number of nitrogens with one attached hydrogen (secondary N) is 1. The van der Waals surface area contributed by atoms with E-state index >= 15 is 0 Å². The molecule has 6 nitrogen and oxygen atoms in total. The molecular formula is C17H29ClIN5O. The molecule has 142 valence electrons. The lowest BCUT2D eigenvalue weighted by Gasteiger charge is -2.22. The van der Waals surface area contributed by atoms with Crippen molar-refractivity contribution in [2.24, 2.45) is 12.0 Å². The molecule has 1 saturated heterocycles. The fraction of sp³-hybridized carbons (Fsp3) is 0.647. The highest BCUT2D eigenvalue weighted by molar-refractivity contribution is 14.0. The molecule has 1 amide bonds. The van der Waals surface area contributed by atoms with E-state index in [9.17, 15) is 4.79 Å². The third-order valence-corrected chi connectivity index (χ3v) is 4.40. The van der Waals surface area contributed by atoms with Gasteiger partial charge in [0, 0.05) is 58.6 Å².